The third-order valence-corrected chi connectivity index (χ3v) is 4.04. The SMILES string of the molecule is COc1cc(C(=O)N2CCCCC2CCN)ccc1C.Cl. The summed E-state index contributed by atoms with van der Waals surface area (Å²) in [6.45, 7) is 3.44. The second-order valence-corrected chi connectivity index (χ2v) is 5.41. The van der Waals surface area contributed by atoms with Gasteiger partial charge in [0.2, 0.25) is 0 Å². The van der Waals surface area contributed by atoms with E-state index in [1.165, 1.54) is 6.42 Å². The number of hydrogen-bond acceptors (Lipinski definition) is 3. The van der Waals surface area contributed by atoms with Crippen LogP contribution in [-0.4, -0.2) is 37.0 Å². The molecule has 0 radical (unpaired) electrons. The second kappa shape index (κ2) is 8.25. The summed E-state index contributed by atoms with van der Waals surface area (Å²) in [5, 5.41) is 0. The van der Waals surface area contributed by atoms with Gasteiger partial charge in [-0.15, -0.1) is 12.4 Å². The molecular weight excluding hydrogens is 288 g/mol. The van der Waals surface area contributed by atoms with Crippen molar-refractivity contribution in [3.8, 4) is 5.75 Å². The topological polar surface area (TPSA) is 55.6 Å². The number of hydrogen-bond donors (Lipinski definition) is 1. The van der Waals surface area contributed by atoms with E-state index in [-0.39, 0.29) is 24.4 Å². The summed E-state index contributed by atoms with van der Waals surface area (Å²) < 4.78 is 5.31. The number of piperidine rings is 1. The Hall–Kier alpha value is -1.26. The third kappa shape index (κ3) is 4.11. The highest BCUT2D eigenvalue weighted by molar-refractivity contribution is 5.95. The zero-order valence-corrected chi connectivity index (χ0v) is 13.6. The molecular formula is C16H25ClN2O2. The minimum atomic E-state index is 0. The van der Waals surface area contributed by atoms with Gasteiger partial charge in [-0.05, 0) is 56.8 Å². The summed E-state index contributed by atoms with van der Waals surface area (Å²) in [7, 11) is 1.63. The van der Waals surface area contributed by atoms with Crippen molar-refractivity contribution in [1.82, 2.24) is 4.90 Å². The van der Waals surface area contributed by atoms with Crippen molar-refractivity contribution in [3.63, 3.8) is 0 Å². The molecule has 1 aliphatic heterocycles. The number of rotatable bonds is 4. The lowest BCUT2D eigenvalue weighted by Crippen LogP contribution is -2.44. The first-order valence-electron chi connectivity index (χ1n) is 7.33. The van der Waals surface area contributed by atoms with Crippen LogP contribution < -0.4 is 10.5 Å². The summed E-state index contributed by atoms with van der Waals surface area (Å²) in [4.78, 5) is 14.7. The lowest BCUT2D eigenvalue weighted by atomic mass is 9.98. The summed E-state index contributed by atoms with van der Waals surface area (Å²) in [5.41, 5.74) is 7.42. The molecule has 2 N–H and O–H groups in total. The first-order valence-corrected chi connectivity index (χ1v) is 7.33. The first kappa shape index (κ1) is 17.8. The quantitative estimate of drug-likeness (QED) is 0.930. The Bertz CT molecular complexity index is 477. The summed E-state index contributed by atoms with van der Waals surface area (Å²) >= 11 is 0. The van der Waals surface area contributed by atoms with E-state index in [0.717, 1.165) is 37.1 Å². The van der Waals surface area contributed by atoms with Crippen molar-refractivity contribution in [2.75, 3.05) is 20.2 Å². The molecule has 0 aromatic heterocycles. The van der Waals surface area contributed by atoms with Crippen molar-refractivity contribution in [3.05, 3.63) is 29.3 Å². The molecule has 0 saturated carbocycles. The lowest BCUT2D eigenvalue weighted by Gasteiger charge is -2.35. The van der Waals surface area contributed by atoms with Crippen molar-refractivity contribution in [2.45, 2.75) is 38.6 Å². The first-order chi connectivity index (χ1) is 9.67. The molecule has 0 aliphatic carbocycles. The average molecular weight is 313 g/mol. The molecule has 1 aromatic carbocycles. The highest BCUT2D eigenvalue weighted by atomic mass is 35.5. The number of nitrogens with zero attached hydrogens (tertiary/aromatic N) is 1. The Kier molecular flexibility index (Phi) is 6.99. The molecule has 4 nitrogen and oxygen atoms in total. The number of halogens is 1. The minimum absolute atomic E-state index is 0. The van der Waals surface area contributed by atoms with Crippen LogP contribution in [0.15, 0.2) is 18.2 Å². The van der Waals surface area contributed by atoms with E-state index in [1.54, 1.807) is 7.11 Å². The maximum Gasteiger partial charge on any atom is 0.254 e. The predicted octanol–water partition coefficient (Wildman–Crippen LogP) is 2.77. The monoisotopic (exact) mass is 312 g/mol. The normalized spacial score (nSPS) is 18.0. The van der Waals surface area contributed by atoms with Crippen LogP contribution in [0.1, 0.15) is 41.6 Å². The van der Waals surface area contributed by atoms with E-state index in [2.05, 4.69) is 0 Å². The predicted molar refractivity (Wildman–Crippen MR) is 87.3 cm³/mol. The molecule has 5 heteroatoms. The molecule has 1 unspecified atom stereocenters. The number of amides is 1. The fourth-order valence-corrected chi connectivity index (χ4v) is 2.88. The van der Waals surface area contributed by atoms with Gasteiger partial charge in [0.05, 0.1) is 7.11 Å². The van der Waals surface area contributed by atoms with Gasteiger partial charge in [-0.25, -0.2) is 0 Å². The Balaban J connectivity index is 0.00000220. The van der Waals surface area contributed by atoms with E-state index in [1.807, 2.05) is 30.0 Å². The zero-order chi connectivity index (χ0) is 14.5. The molecule has 1 saturated heterocycles. The van der Waals surface area contributed by atoms with Crippen LogP contribution >= 0.6 is 12.4 Å². The maximum atomic E-state index is 12.7. The number of nitrogens with two attached hydrogens (primary N) is 1. The summed E-state index contributed by atoms with van der Waals surface area (Å²) in [6, 6.07) is 5.95. The number of likely N-dealkylation sites (tertiary alicyclic amines) is 1. The molecule has 0 spiro atoms. The van der Waals surface area contributed by atoms with Gasteiger partial charge in [-0.2, -0.15) is 0 Å². The highest BCUT2D eigenvalue weighted by Gasteiger charge is 2.27. The van der Waals surface area contributed by atoms with Crippen LogP contribution in [-0.2, 0) is 0 Å². The number of methoxy groups -OCH3 is 1. The van der Waals surface area contributed by atoms with Gasteiger partial charge in [0, 0.05) is 18.2 Å². The standard InChI is InChI=1S/C16H24N2O2.ClH/c1-12-6-7-13(11-15(12)20-2)16(19)18-10-4-3-5-14(18)8-9-17;/h6-7,11,14H,3-5,8-10,17H2,1-2H3;1H. The van der Waals surface area contributed by atoms with Crippen LogP contribution in [0.2, 0.25) is 0 Å². The number of carbonyl (C=O) groups excluding carboxylic acids is 1. The van der Waals surface area contributed by atoms with E-state index in [9.17, 15) is 4.79 Å². The smallest absolute Gasteiger partial charge is 0.254 e. The lowest BCUT2D eigenvalue weighted by molar-refractivity contribution is 0.0604. The van der Waals surface area contributed by atoms with Crippen molar-refractivity contribution < 1.29 is 9.53 Å². The van der Waals surface area contributed by atoms with Crippen molar-refractivity contribution in [1.29, 1.82) is 0 Å². The van der Waals surface area contributed by atoms with E-state index in [0.29, 0.717) is 12.1 Å². The summed E-state index contributed by atoms with van der Waals surface area (Å²) in [5.74, 6) is 0.865. The van der Waals surface area contributed by atoms with Gasteiger partial charge in [0.25, 0.3) is 5.91 Å². The van der Waals surface area contributed by atoms with Crippen LogP contribution in [0, 0.1) is 6.92 Å². The fourth-order valence-electron chi connectivity index (χ4n) is 2.88. The zero-order valence-electron chi connectivity index (χ0n) is 12.8. The molecule has 1 amide bonds. The largest absolute Gasteiger partial charge is 0.496 e. The van der Waals surface area contributed by atoms with Gasteiger partial charge in [-0.1, -0.05) is 6.07 Å². The van der Waals surface area contributed by atoms with Crippen LogP contribution in [0.25, 0.3) is 0 Å². The van der Waals surface area contributed by atoms with E-state index < -0.39 is 0 Å². The molecule has 1 aromatic rings. The van der Waals surface area contributed by atoms with Crippen LogP contribution in [0.5, 0.6) is 5.75 Å². The molecule has 2 rings (SSSR count). The maximum absolute atomic E-state index is 12.7. The van der Waals surface area contributed by atoms with E-state index in [4.69, 9.17) is 10.5 Å². The number of carbonyl (C=O) groups is 1. The van der Waals surface area contributed by atoms with Gasteiger partial charge < -0.3 is 15.4 Å². The molecule has 118 valence electrons. The molecule has 1 aliphatic rings. The number of aryl methyl sites for hydroxylation is 1. The Morgan fingerprint density at radius 1 is 1.43 bits per heavy atom. The Morgan fingerprint density at radius 2 is 2.19 bits per heavy atom. The Morgan fingerprint density at radius 3 is 2.86 bits per heavy atom. The second-order valence-electron chi connectivity index (χ2n) is 5.41. The molecule has 1 atom stereocenters. The van der Waals surface area contributed by atoms with Crippen molar-refractivity contribution in [2.24, 2.45) is 5.73 Å². The van der Waals surface area contributed by atoms with Gasteiger partial charge in [0.1, 0.15) is 5.75 Å². The van der Waals surface area contributed by atoms with Crippen LogP contribution in [0.3, 0.4) is 0 Å². The fraction of sp³-hybridized carbons (Fsp3) is 0.562. The highest BCUT2D eigenvalue weighted by Crippen LogP contribution is 2.24. The summed E-state index contributed by atoms with van der Waals surface area (Å²) in [6.07, 6.45) is 4.21. The van der Waals surface area contributed by atoms with E-state index >= 15 is 0 Å². The number of ether oxygens (including phenoxy) is 1. The molecule has 0 bridgehead atoms. The van der Waals surface area contributed by atoms with Crippen molar-refractivity contribution >= 4 is 18.3 Å². The van der Waals surface area contributed by atoms with Gasteiger partial charge in [0.15, 0.2) is 0 Å². The molecule has 21 heavy (non-hydrogen) atoms. The Labute approximate surface area is 133 Å². The van der Waals surface area contributed by atoms with Gasteiger partial charge >= 0.3 is 0 Å². The molecule has 1 fully saturated rings. The number of benzene rings is 1. The van der Waals surface area contributed by atoms with Gasteiger partial charge in [-0.3, -0.25) is 4.79 Å². The molecule has 1 heterocycles. The third-order valence-electron chi connectivity index (χ3n) is 4.04. The van der Waals surface area contributed by atoms with Crippen LogP contribution in [0.4, 0.5) is 0 Å². The average Bonchev–Trinajstić information content (AvgIpc) is 2.48. The minimum Gasteiger partial charge on any atom is -0.496 e.